The molecule has 0 radical (unpaired) electrons. The van der Waals surface area contributed by atoms with Crippen LogP contribution < -0.4 is 5.56 Å². The van der Waals surface area contributed by atoms with Gasteiger partial charge in [-0.05, 0) is 37.5 Å². The molecule has 0 saturated carbocycles. The van der Waals surface area contributed by atoms with Gasteiger partial charge in [-0.1, -0.05) is 37.2 Å². The van der Waals surface area contributed by atoms with Gasteiger partial charge in [0.1, 0.15) is 0 Å². The Balaban J connectivity index is 2.23. The molecule has 0 bridgehead atoms. The number of carbonyl (C=O) groups is 1. The number of halogens is 1. The molecule has 25 heavy (non-hydrogen) atoms. The van der Waals surface area contributed by atoms with Gasteiger partial charge >= 0.3 is 5.97 Å². The summed E-state index contributed by atoms with van der Waals surface area (Å²) in [6.45, 7) is 6.90. The largest absolute Gasteiger partial charge is 0.466 e. The lowest BCUT2D eigenvalue weighted by molar-refractivity contribution is -0.143. The Hall–Kier alpha value is -1.53. The van der Waals surface area contributed by atoms with Crippen LogP contribution in [0.15, 0.2) is 28.2 Å². The molecule has 0 aliphatic carbocycles. The van der Waals surface area contributed by atoms with Crippen molar-refractivity contribution in [3.8, 4) is 0 Å². The lowest BCUT2D eigenvalue weighted by atomic mass is 10.2. The first-order valence-corrected chi connectivity index (χ1v) is 9.77. The van der Waals surface area contributed by atoms with Crippen LogP contribution in [0.3, 0.4) is 0 Å². The molecular formula is C18H23ClN2O3S. The third kappa shape index (κ3) is 5.47. The summed E-state index contributed by atoms with van der Waals surface area (Å²) in [6, 6.07) is 5.16. The number of esters is 1. The van der Waals surface area contributed by atoms with Gasteiger partial charge in [0, 0.05) is 23.7 Å². The second-order valence-corrected chi connectivity index (χ2v) is 7.62. The van der Waals surface area contributed by atoms with Crippen LogP contribution in [0, 0.1) is 5.92 Å². The highest BCUT2D eigenvalue weighted by Gasteiger charge is 2.13. The number of aromatic nitrogens is 2. The Morgan fingerprint density at radius 3 is 2.84 bits per heavy atom. The maximum atomic E-state index is 12.8. The zero-order chi connectivity index (χ0) is 18.4. The minimum atomic E-state index is -0.191. The molecule has 1 aromatic carbocycles. The predicted octanol–water partition coefficient (Wildman–Crippen LogP) is 4.14. The first-order chi connectivity index (χ1) is 11.9. The lowest BCUT2D eigenvalue weighted by Crippen LogP contribution is -2.25. The van der Waals surface area contributed by atoms with E-state index >= 15 is 0 Å². The number of carbonyl (C=O) groups excluding carboxylic acids is 1. The minimum absolute atomic E-state index is 0.0749. The van der Waals surface area contributed by atoms with E-state index in [4.69, 9.17) is 16.3 Å². The molecule has 0 atom stereocenters. The summed E-state index contributed by atoms with van der Waals surface area (Å²) in [7, 11) is 0. The molecule has 1 aromatic heterocycles. The van der Waals surface area contributed by atoms with E-state index in [0.717, 1.165) is 0 Å². The van der Waals surface area contributed by atoms with Crippen LogP contribution in [0.4, 0.5) is 0 Å². The standard InChI is InChI=1S/C18H23ClN2O3S/c1-4-24-16(22)6-5-9-25-18-20-15-8-7-13(19)10-14(15)17(23)21(18)11-12(2)3/h7-8,10,12H,4-6,9,11H2,1-3H3. The first-order valence-electron chi connectivity index (χ1n) is 8.41. The average Bonchev–Trinajstić information content (AvgIpc) is 2.55. The molecule has 1 heterocycles. The molecule has 0 fully saturated rings. The highest BCUT2D eigenvalue weighted by molar-refractivity contribution is 7.99. The van der Waals surface area contributed by atoms with Gasteiger partial charge in [-0.2, -0.15) is 0 Å². The van der Waals surface area contributed by atoms with Crippen molar-refractivity contribution >= 4 is 40.2 Å². The highest BCUT2D eigenvalue weighted by Crippen LogP contribution is 2.22. The number of rotatable bonds is 8. The second kappa shape index (κ2) is 9.25. The van der Waals surface area contributed by atoms with Gasteiger partial charge in [0.15, 0.2) is 5.16 Å². The fraction of sp³-hybridized carbons (Fsp3) is 0.500. The van der Waals surface area contributed by atoms with Crippen LogP contribution in [0.1, 0.15) is 33.6 Å². The monoisotopic (exact) mass is 382 g/mol. The third-order valence-corrected chi connectivity index (χ3v) is 4.79. The van der Waals surface area contributed by atoms with Crippen LogP contribution in [-0.2, 0) is 16.1 Å². The molecule has 5 nitrogen and oxygen atoms in total. The molecule has 0 saturated heterocycles. The van der Waals surface area contributed by atoms with Gasteiger partial charge in [-0.15, -0.1) is 0 Å². The zero-order valence-electron chi connectivity index (χ0n) is 14.8. The topological polar surface area (TPSA) is 61.2 Å². The van der Waals surface area contributed by atoms with E-state index in [1.165, 1.54) is 11.8 Å². The molecule has 2 aromatic rings. The molecule has 0 unspecified atom stereocenters. The van der Waals surface area contributed by atoms with Crippen LogP contribution in [0.2, 0.25) is 5.02 Å². The van der Waals surface area contributed by atoms with Crippen molar-refractivity contribution in [1.29, 1.82) is 0 Å². The quantitative estimate of drug-likeness (QED) is 0.297. The molecule has 0 aliphatic heterocycles. The Labute approximate surface area is 156 Å². The van der Waals surface area contributed by atoms with E-state index in [9.17, 15) is 9.59 Å². The molecule has 2 rings (SSSR count). The van der Waals surface area contributed by atoms with E-state index in [-0.39, 0.29) is 11.5 Å². The Morgan fingerprint density at radius 1 is 1.40 bits per heavy atom. The van der Waals surface area contributed by atoms with E-state index in [1.54, 1.807) is 29.7 Å². The number of ether oxygens (including phenoxy) is 1. The molecule has 0 spiro atoms. The normalized spacial score (nSPS) is 11.2. The number of hydrogen-bond donors (Lipinski definition) is 0. The Bertz CT molecular complexity index is 805. The average molecular weight is 383 g/mol. The van der Waals surface area contributed by atoms with E-state index < -0.39 is 0 Å². The van der Waals surface area contributed by atoms with Gasteiger partial charge in [0.25, 0.3) is 5.56 Å². The van der Waals surface area contributed by atoms with Gasteiger partial charge in [-0.25, -0.2) is 4.98 Å². The second-order valence-electron chi connectivity index (χ2n) is 6.12. The summed E-state index contributed by atoms with van der Waals surface area (Å²) >= 11 is 7.51. The summed E-state index contributed by atoms with van der Waals surface area (Å²) in [4.78, 5) is 28.9. The predicted molar refractivity (Wildman–Crippen MR) is 102 cm³/mol. The van der Waals surface area contributed by atoms with Gasteiger partial charge in [0.05, 0.1) is 17.5 Å². The Morgan fingerprint density at radius 2 is 2.16 bits per heavy atom. The third-order valence-electron chi connectivity index (χ3n) is 3.49. The minimum Gasteiger partial charge on any atom is -0.466 e. The number of thioether (sulfide) groups is 1. The van der Waals surface area contributed by atoms with Gasteiger partial charge in [-0.3, -0.25) is 14.2 Å². The van der Waals surface area contributed by atoms with Crippen molar-refractivity contribution in [1.82, 2.24) is 9.55 Å². The highest BCUT2D eigenvalue weighted by atomic mass is 35.5. The SMILES string of the molecule is CCOC(=O)CCCSc1nc2ccc(Cl)cc2c(=O)n1CC(C)C. The van der Waals surface area contributed by atoms with Crippen molar-refractivity contribution in [2.24, 2.45) is 5.92 Å². The number of benzene rings is 1. The molecule has 0 N–H and O–H groups in total. The van der Waals surface area contributed by atoms with Crippen LogP contribution in [0.25, 0.3) is 10.9 Å². The lowest BCUT2D eigenvalue weighted by Gasteiger charge is -2.15. The zero-order valence-corrected chi connectivity index (χ0v) is 16.3. The molecular weight excluding hydrogens is 360 g/mol. The van der Waals surface area contributed by atoms with E-state index in [2.05, 4.69) is 18.8 Å². The van der Waals surface area contributed by atoms with Crippen LogP contribution in [0.5, 0.6) is 0 Å². The van der Waals surface area contributed by atoms with E-state index in [0.29, 0.717) is 58.7 Å². The first kappa shape index (κ1) is 19.8. The number of fused-ring (bicyclic) bond motifs is 1. The Kier molecular flexibility index (Phi) is 7.32. The fourth-order valence-electron chi connectivity index (χ4n) is 2.42. The fourth-order valence-corrected chi connectivity index (χ4v) is 3.54. The van der Waals surface area contributed by atoms with Crippen molar-refractivity contribution in [2.75, 3.05) is 12.4 Å². The number of hydrogen-bond acceptors (Lipinski definition) is 5. The molecule has 7 heteroatoms. The molecule has 136 valence electrons. The van der Waals surface area contributed by atoms with Crippen molar-refractivity contribution < 1.29 is 9.53 Å². The van der Waals surface area contributed by atoms with Gasteiger partial charge < -0.3 is 4.74 Å². The van der Waals surface area contributed by atoms with E-state index in [1.807, 2.05) is 0 Å². The summed E-state index contributed by atoms with van der Waals surface area (Å²) in [5.41, 5.74) is 0.566. The van der Waals surface area contributed by atoms with Crippen molar-refractivity contribution in [3.05, 3.63) is 33.6 Å². The number of nitrogens with zero attached hydrogens (tertiary/aromatic N) is 2. The van der Waals surface area contributed by atoms with Gasteiger partial charge in [0.2, 0.25) is 0 Å². The van der Waals surface area contributed by atoms with Crippen molar-refractivity contribution in [2.45, 2.75) is 45.3 Å². The summed E-state index contributed by atoms with van der Waals surface area (Å²) in [5.74, 6) is 0.821. The van der Waals surface area contributed by atoms with Crippen molar-refractivity contribution in [3.63, 3.8) is 0 Å². The molecule has 0 amide bonds. The molecule has 0 aliphatic rings. The smallest absolute Gasteiger partial charge is 0.305 e. The summed E-state index contributed by atoms with van der Waals surface area (Å²) in [6.07, 6.45) is 1.05. The maximum Gasteiger partial charge on any atom is 0.305 e. The van der Waals surface area contributed by atoms with Crippen LogP contribution >= 0.6 is 23.4 Å². The maximum absolute atomic E-state index is 12.8. The summed E-state index contributed by atoms with van der Waals surface area (Å²) in [5, 5.41) is 1.73. The van der Waals surface area contributed by atoms with Crippen LogP contribution in [-0.4, -0.2) is 27.9 Å². The summed E-state index contributed by atoms with van der Waals surface area (Å²) < 4.78 is 6.63.